The first-order chi connectivity index (χ1) is 7.78. The van der Waals surface area contributed by atoms with Crippen molar-refractivity contribution in [2.45, 2.75) is 51.2 Å². The van der Waals surface area contributed by atoms with E-state index in [9.17, 15) is 9.59 Å². The number of ether oxygens (including phenoxy) is 1. The van der Waals surface area contributed by atoms with Gasteiger partial charge >= 0.3 is 0 Å². The van der Waals surface area contributed by atoms with Gasteiger partial charge in [-0.1, -0.05) is 0 Å². The van der Waals surface area contributed by atoms with E-state index in [1.54, 1.807) is 25.7 Å². The number of amides is 2. The fourth-order valence-corrected chi connectivity index (χ4v) is 2.62. The second-order valence-corrected chi connectivity index (χ2v) is 5.76. The molecule has 1 N–H and O–H groups in total. The molecule has 0 bridgehead atoms. The molecule has 0 saturated carbocycles. The van der Waals surface area contributed by atoms with Crippen LogP contribution in [0, 0.1) is 0 Å². The Kier molecular flexibility index (Phi) is 2.69. The van der Waals surface area contributed by atoms with Crippen molar-refractivity contribution < 1.29 is 14.3 Å². The predicted molar refractivity (Wildman–Crippen MR) is 62.4 cm³/mol. The van der Waals surface area contributed by atoms with Gasteiger partial charge in [-0.25, -0.2) is 0 Å². The van der Waals surface area contributed by atoms with E-state index in [1.165, 1.54) is 0 Å². The van der Waals surface area contributed by atoms with Crippen molar-refractivity contribution >= 4 is 11.8 Å². The minimum absolute atomic E-state index is 0.0300. The molecule has 2 unspecified atom stereocenters. The van der Waals surface area contributed by atoms with Gasteiger partial charge in [0.1, 0.15) is 11.6 Å². The fourth-order valence-electron chi connectivity index (χ4n) is 2.62. The van der Waals surface area contributed by atoms with Crippen LogP contribution >= 0.6 is 0 Å². The molecule has 5 nitrogen and oxygen atoms in total. The van der Waals surface area contributed by atoms with Crippen LogP contribution in [0.1, 0.15) is 34.1 Å². The monoisotopic (exact) mass is 240 g/mol. The number of rotatable bonds is 1. The molecule has 5 heteroatoms. The maximum Gasteiger partial charge on any atom is 0.248 e. The van der Waals surface area contributed by atoms with E-state index in [2.05, 4.69) is 5.32 Å². The van der Waals surface area contributed by atoms with E-state index in [0.29, 0.717) is 13.2 Å². The molecule has 0 spiro atoms. The highest BCUT2D eigenvalue weighted by molar-refractivity contribution is 5.99. The number of nitrogens with zero attached hydrogens (tertiary/aromatic N) is 1. The zero-order valence-corrected chi connectivity index (χ0v) is 10.9. The average molecular weight is 240 g/mol. The lowest BCUT2D eigenvalue weighted by atomic mass is 9.89. The van der Waals surface area contributed by atoms with E-state index in [1.807, 2.05) is 6.92 Å². The molecule has 2 amide bonds. The van der Waals surface area contributed by atoms with Crippen LogP contribution in [0.3, 0.4) is 0 Å². The van der Waals surface area contributed by atoms with Crippen molar-refractivity contribution in [1.29, 1.82) is 0 Å². The highest BCUT2D eigenvalue weighted by Gasteiger charge is 2.51. The second-order valence-electron chi connectivity index (χ2n) is 5.76. The molecule has 2 saturated heterocycles. The number of hydrogen-bond donors (Lipinski definition) is 1. The molecular formula is C12H20N2O3. The van der Waals surface area contributed by atoms with Gasteiger partial charge in [0.25, 0.3) is 0 Å². The molecule has 2 aliphatic rings. The molecule has 2 atom stereocenters. The summed E-state index contributed by atoms with van der Waals surface area (Å²) < 4.78 is 5.39. The van der Waals surface area contributed by atoms with Crippen molar-refractivity contribution in [1.82, 2.24) is 10.2 Å². The minimum Gasteiger partial charge on any atom is -0.379 e. The van der Waals surface area contributed by atoms with Gasteiger partial charge in [0.15, 0.2) is 0 Å². The lowest BCUT2D eigenvalue weighted by Crippen LogP contribution is -2.72. The summed E-state index contributed by atoms with van der Waals surface area (Å²) in [6, 6.07) is -0.428. The van der Waals surface area contributed by atoms with Crippen LogP contribution in [-0.2, 0) is 14.3 Å². The SMILES string of the molecule is CC1C(=O)NC(C)(C)C(=O)N1C1(C)CCOC1. The quantitative estimate of drug-likeness (QED) is 0.716. The van der Waals surface area contributed by atoms with Crippen LogP contribution in [0.4, 0.5) is 0 Å². The smallest absolute Gasteiger partial charge is 0.248 e. The van der Waals surface area contributed by atoms with Crippen LogP contribution in [-0.4, -0.2) is 47.0 Å². The van der Waals surface area contributed by atoms with Crippen LogP contribution in [0.15, 0.2) is 0 Å². The summed E-state index contributed by atoms with van der Waals surface area (Å²) >= 11 is 0. The summed E-state index contributed by atoms with van der Waals surface area (Å²) in [6.07, 6.45) is 0.784. The molecule has 0 aromatic carbocycles. The van der Waals surface area contributed by atoms with Gasteiger partial charge in [-0.15, -0.1) is 0 Å². The van der Waals surface area contributed by atoms with E-state index in [0.717, 1.165) is 6.42 Å². The molecule has 0 radical (unpaired) electrons. The van der Waals surface area contributed by atoms with E-state index in [4.69, 9.17) is 4.74 Å². The summed E-state index contributed by atoms with van der Waals surface area (Å²) in [4.78, 5) is 26.1. The molecule has 2 aliphatic heterocycles. The zero-order valence-electron chi connectivity index (χ0n) is 10.9. The molecule has 0 aromatic heterocycles. The Labute approximate surface area is 101 Å². The average Bonchev–Trinajstić information content (AvgIpc) is 2.63. The van der Waals surface area contributed by atoms with Gasteiger partial charge in [-0.3, -0.25) is 9.59 Å². The number of hydrogen-bond acceptors (Lipinski definition) is 3. The van der Waals surface area contributed by atoms with Crippen LogP contribution in [0.2, 0.25) is 0 Å². The summed E-state index contributed by atoms with van der Waals surface area (Å²) in [5, 5.41) is 2.75. The van der Waals surface area contributed by atoms with Gasteiger partial charge in [0.2, 0.25) is 11.8 Å². The van der Waals surface area contributed by atoms with Crippen LogP contribution in [0.5, 0.6) is 0 Å². The van der Waals surface area contributed by atoms with Crippen molar-refractivity contribution in [3.8, 4) is 0 Å². The van der Waals surface area contributed by atoms with E-state index >= 15 is 0 Å². The normalized spacial score (nSPS) is 37.2. The molecule has 96 valence electrons. The molecule has 0 aliphatic carbocycles. The largest absolute Gasteiger partial charge is 0.379 e. The first kappa shape index (κ1) is 12.4. The topological polar surface area (TPSA) is 58.6 Å². The summed E-state index contributed by atoms with van der Waals surface area (Å²) in [6.45, 7) is 8.40. The van der Waals surface area contributed by atoms with Crippen molar-refractivity contribution in [3.63, 3.8) is 0 Å². The molecule has 17 heavy (non-hydrogen) atoms. The zero-order chi connectivity index (χ0) is 12.8. The first-order valence-corrected chi connectivity index (χ1v) is 6.01. The van der Waals surface area contributed by atoms with Crippen LogP contribution in [0.25, 0.3) is 0 Å². The van der Waals surface area contributed by atoms with Gasteiger partial charge in [0.05, 0.1) is 12.1 Å². The number of carbonyl (C=O) groups is 2. The van der Waals surface area contributed by atoms with E-state index < -0.39 is 11.6 Å². The lowest BCUT2D eigenvalue weighted by molar-refractivity contribution is -0.160. The molecular weight excluding hydrogens is 220 g/mol. The Morgan fingerprint density at radius 1 is 1.35 bits per heavy atom. The number of piperazine rings is 1. The minimum atomic E-state index is -0.824. The van der Waals surface area contributed by atoms with E-state index in [-0.39, 0.29) is 17.4 Å². The molecule has 0 aromatic rings. The fraction of sp³-hybridized carbons (Fsp3) is 0.833. The Hall–Kier alpha value is -1.10. The van der Waals surface area contributed by atoms with Crippen molar-refractivity contribution in [2.24, 2.45) is 0 Å². The third-order valence-corrected chi connectivity index (χ3v) is 3.74. The third kappa shape index (κ3) is 1.82. The molecule has 2 heterocycles. The summed E-state index contributed by atoms with van der Waals surface area (Å²) in [5.41, 5.74) is -1.18. The third-order valence-electron chi connectivity index (χ3n) is 3.74. The highest BCUT2D eigenvalue weighted by Crippen LogP contribution is 2.32. The van der Waals surface area contributed by atoms with Crippen LogP contribution < -0.4 is 5.32 Å². The first-order valence-electron chi connectivity index (χ1n) is 6.01. The highest BCUT2D eigenvalue weighted by atomic mass is 16.5. The van der Waals surface area contributed by atoms with Gasteiger partial charge in [-0.05, 0) is 34.1 Å². The Morgan fingerprint density at radius 2 is 2.00 bits per heavy atom. The maximum atomic E-state index is 12.5. The summed E-state index contributed by atoms with van der Waals surface area (Å²) in [5.74, 6) is -0.125. The Morgan fingerprint density at radius 3 is 2.53 bits per heavy atom. The maximum absolute atomic E-state index is 12.5. The molecule has 2 rings (SSSR count). The van der Waals surface area contributed by atoms with Gasteiger partial charge in [-0.2, -0.15) is 0 Å². The summed E-state index contributed by atoms with van der Waals surface area (Å²) in [7, 11) is 0. The van der Waals surface area contributed by atoms with Gasteiger partial charge in [0, 0.05) is 6.61 Å². The Balaban J connectivity index is 2.35. The predicted octanol–water partition coefficient (Wildman–Crippen LogP) is 0.291. The standard InChI is InChI=1S/C12H20N2O3/c1-8-9(15)13-11(2,3)10(16)14(8)12(4)5-6-17-7-12/h8H,5-7H2,1-4H3,(H,13,15). The lowest BCUT2D eigenvalue weighted by Gasteiger charge is -2.48. The Bertz CT molecular complexity index is 359. The van der Waals surface area contributed by atoms with Gasteiger partial charge < -0.3 is 15.0 Å². The number of nitrogens with one attached hydrogen (secondary N) is 1. The van der Waals surface area contributed by atoms with Crippen molar-refractivity contribution in [2.75, 3.05) is 13.2 Å². The van der Waals surface area contributed by atoms with Crippen molar-refractivity contribution in [3.05, 3.63) is 0 Å². The number of carbonyl (C=O) groups excluding carboxylic acids is 2. The molecule has 2 fully saturated rings. The second kappa shape index (κ2) is 3.70.